The van der Waals surface area contributed by atoms with Crippen molar-refractivity contribution in [1.29, 1.82) is 0 Å². The van der Waals surface area contributed by atoms with Crippen LogP contribution in [0.5, 0.6) is 0 Å². The van der Waals surface area contributed by atoms with E-state index in [0.29, 0.717) is 24.9 Å². The Morgan fingerprint density at radius 1 is 1.00 bits per heavy atom. The predicted octanol–water partition coefficient (Wildman–Crippen LogP) is 3.53. The van der Waals surface area contributed by atoms with Gasteiger partial charge in [0.05, 0.1) is 11.0 Å². The normalized spacial score (nSPS) is 13.1. The molecule has 0 saturated carbocycles. The zero-order valence-corrected chi connectivity index (χ0v) is 17.5. The molecule has 1 N–H and O–H groups in total. The molecule has 2 aromatic carbocycles. The van der Waals surface area contributed by atoms with Crippen molar-refractivity contribution in [2.75, 3.05) is 13.1 Å². The van der Waals surface area contributed by atoms with Crippen molar-refractivity contribution in [1.82, 2.24) is 4.31 Å². The second kappa shape index (κ2) is 9.96. The van der Waals surface area contributed by atoms with Gasteiger partial charge in [-0.1, -0.05) is 56.3 Å². The Morgan fingerprint density at radius 2 is 1.61 bits per heavy atom. The van der Waals surface area contributed by atoms with Gasteiger partial charge in [0.2, 0.25) is 10.0 Å². The number of ketones is 1. The Morgan fingerprint density at radius 3 is 2.14 bits per heavy atom. The summed E-state index contributed by atoms with van der Waals surface area (Å²) in [5.74, 6) is 0.00640. The molecular weight excluding hydrogens is 374 g/mol. The van der Waals surface area contributed by atoms with Crippen LogP contribution in [0.15, 0.2) is 59.5 Å². The zero-order chi connectivity index (χ0) is 20.7. The van der Waals surface area contributed by atoms with E-state index < -0.39 is 16.1 Å². The minimum atomic E-state index is -3.75. The molecule has 0 unspecified atom stereocenters. The van der Waals surface area contributed by atoms with Crippen molar-refractivity contribution >= 4 is 15.8 Å². The summed E-state index contributed by atoms with van der Waals surface area (Å²) in [5, 5.41) is 10.5. The van der Waals surface area contributed by atoms with Crippen LogP contribution in [0, 0.1) is 5.92 Å². The molecule has 2 rings (SSSR count). The Bertz CT molecular complexity index is 861. The van der Waals surface area contributed by atoms with Crippen molar-refractivity contribution < 1.29 is 18.3 Å². The summed E-state index contributed by atoms with van der Waals surface area (Å²) in [4.78, 5) is 11.6. The number of aliphatic hydroxyl groups excluding tert-OH is 1. The van der Waals surface area contributed by atoms with Crippen LogP contribution in [0.4, 0.5) is 0 Å². The van der Waals surface area contributed by atoms with E-state index in [2.05, 4.69) is 0 Å². The number of hydrogen-bond donors (Lipinski definition) is 1. The summed E-state index contributed by atoms with van der Waals surface area (Å²) in [5.41, 5.74) is 1.58. The first-order valence-corrected chi connectivity index (χ1v) is 11.0. The highest BCUT2D eigenvalue weighted by Crippen LogP contribution is 2.19. The van der Waals surface area contributed by atoms with Gasteiger partial charge in [-0.25, -0.2) is 8.42 Å². The monoisotopic (exact) mass is 403 g/mol. The van der Waals surface area contributed by atoms with E-state index in [9.17, 15) is 18.3 Å². The van der Waals surface area contributed by atoms with Crippen molar-refractivity contribution in [3.05, 3.63) is 65.7 Å². The molecule has 6 heteroatoms. The lowest BCUT2D eigenvalue weighted by atomic mass is 10.1. The summed E-state index contributed by atoms with van der Waals surface area (Å²) in [6, 6.07) is 15.8. The van der Waals surface area contributed by atoms with Crippen LogP contribution in [0.1, 0.15) is 43.1 Å². The molecule has 152 valence electrons. The number of hydrogen-bond acceptors (Lipinski definition) is 4. The average Bonchev–Trinajstić information content (AvgIpc) is 2.66. The number of Topliss-reactive ketones (excluding diaryl/α,β-unsaturated/α-hetero) is 1. The van der Waals surface area contributed by atoms with E-state index >= 15 is 0 Å². The van der Waals surface area contributed by atoms with Gasteiger partial charge in [-0.2, -0.15) is 4.31 Å². The molecule has 0 saturated heterocycles. The number of carbonyl (C=O) groups excluding carboxylic acids is 1. The maximum atomic E-state index is 13.1. The summed E-state index contributed by atoms with van der Waals surface area (Å²) < 4.78 is 27.5. The first kappa shape index (κ1) is 22.3. The number of benzene rings is 2. The third-order valence-corrected chi connectivity index (χ3v) is 6.34. The van der Waals surface area contributed by atoms with Gasteiger partial charge in [0, 0.05) is 18.7 Å². The summed E-state index contributed by atoms with van der Waals surface area (Å²) in [6.07, 6.45) is 0.410. The number of aryl methyl sites for hydroxylation is 1. The lowest BCUT2D eigenvalue weighted by molar-refractivity contribution is 0.101. The molecule has 2 aromatic rings. The van der Waals surface area contributed by atoms with E-state index in [1.807, 2.05) is 44.2 Å². The number of sulfonamides is 1. The number of rotatable bonds is 10. The Kier molecular flexibility index (Phi) is 7.92. The van der Waals surface area contributed by atoms with Crippen LogP contribution in [-0.4, -0.2) is 42.8 Å². The molecular formula is C22H29NO4S. The third-order valence-electron chi connectivity index (χ3n) is 4.49. The molecule has 1 atom stereocenters. The van der Waals surface area contributed by atoms with E-state index in [4.69, 9.17) is 0 Å². The molecule has 28 heavy (non-hydrogen) atoms. The molecule has 5 nitrogen and oxygen atoms in total. The van der Waals surface area contributed by atoms with Crippen LogP contribution in [0.25, 0.3) is 0 Å². The van der Waals surface area contributed by atoms with Crippen molar-refractivity contribution in [3.8, 4) is 0 Å². The van der Waals surface area contributed by atoms with Gasteiger partial charge in [-0.15, -0.1) is 0 Å². The summed E-state index contributed by atoms with van der Waals surface area (Å²) in [6.45, 7) is 5.69. The molecule has 0 aliphatic carbocycles. The Labute approximate surface area is 168 Å². The highest BCUT2D eigenvalue weighted by Gasteiger charge is 2.27. The third kappa shape index (κ3) is 6.26. The van der Waals surface area contributed by atoms with Crippen LogP contribution in [0.3, 0.4) is 0 Å². The van der Waals surface area contributed by atoms with E-state index in [0.717, 1.165) is 5.56 Å². The van der Waals surface area contributed by atoms with Crippen molar-refractivity contribution in [3.63, 3.8) is 0 Å². The standard InChI is InChI=1S/C22H29NO4S/c1-17(2)15-23(16-21(25)12-9-19-7-5-4-6-8-19)28(26,27)22-13-10-20(11-14-22)18(3)24/h4-8,10-11,13-14,17,21,25H,9,12,15-16H2,1-3H3/t21-/m1/s1. The minimum Gasteiger partial charge on any atom is -0.392 e. The van der Waals surface area contributed by atoms with Crippen LogP contribution >= 0.6 is 0 Å². The van der Waals surface area contributed by atoms with Gasteiger partial charge < -0.3 is 5.11 Å². The highest BCUT2D eigenvalue weighted by atomic mass is 32.2. The highest BCUT2D eigenvalue weighted by molar-refractivity contribution is 7.89. The lowest BCUT2D eigenvalue weighted by Gasteiger charge is -2.26. The largest absolute Gasteiger partial charge is 0.392 e. The molecule has 0 aromatic heterocycles. The maximum absolute atomic E-state index is 13.1. The second-order valence-corrected chi connectivity index (χ2v) is 9.41. The molecule has 0 amide bonds. The van der Waals surface area contributed by atoms with Gasteiger partial charge in [0.25, 0.3) is 0 Å². The summed E-state index contributed by atoms with van der Waals surface area (Å²) >= 11 is 0. The van der Waals surface area contributed by atoms with Crippen molar-refractivity contribution in [2.24, 2.45) is 5.92 Å². The molecule has 0 fully saturated rings. The van der Waals surface area contributed by atoms with Crippen LogP contribution in [-0.2, 0) is 16.4 Å². The lowest BCUT2D eigenvalue weighted by Crippen LogP contribution is -2.40. The number of aliphatic hydroxyl groups is 1. The summed E-state index contributed by atoms with van der Waals surface area (Å²) in [7, 11) is -3.75. The molecule has 0 spiro atoms. The van der Waals surface area contributed by atoms with Gasteiger partial charge in [0.1, 0.15) is 0 Å². The second-order valence-electron chi connectivity index (χ2n) is 7.47. The number of nitrogens with zero attached hydrogens (tertiary/aromatic N) is 1. The van der Waals surface area contributed by atoms with E-state index in [1.54, 1.807) is 0 Å². The van der Waals surface area contributed by atoms with E-state index in [1.165, 1.54) is 35.5 Å². The van der Waals surface area contributed by atoms with Gasteiger partial charge in [-0.3, -0.25) is 4.79 Å². The predicted molar refractivity (Wildman–Crippen MR) is 111 cm³/mol. The topological polar surface area (TPSA) is 74.7 Å². The fourth-order valence-corrected chi connectivity index (χ4v) is 4.63. The molecule has 0 radical (unpaired) electrons. The van der Waals surface area contributed by atoms with Crippen LogP contribution in [0.2, 0.25) is 0 Å². The first-order valence-electron chi connectivity index (χ1n) is 9.53. The first-order chi connectivity index (χ1) is 13.2. The maximum Gasteiger partial charge on any atom is 0.243 e. The zero-order valence-electron chi connectivity index (χ0n) is 16.7. The number of carbonyl (C=O) groups is 1. The molecule has 0 heterocycles. The quantitative estimate of drug-likeness (QED) is 0.616. The fourth-order valence-electron chi connectivity index (χ4n) is 2.99. The average molecular weight is 404 g/mol. The van der Waals surface area contributed by atoms with Gasteiger partial charge in [0.15, 0.2) is 5.78 Å². The molecule has 0 bridgehead atoms. The molecule has 0 aliphatic heterocycles. The Balaban J connectivity index is 2.13. The van der Waals surface area contributed by atoms with Crippen LogP contribution < -0.4 is 0 Å². The molecule has 0 aliphatic rings. The van der Waals surface area contributed by atoms with E-state index in [-0.39, 0.29) is 23.1 Å². The van der Waals surface area contributed by atoms with Gasteiger partial charge >= 0.3 is 0 Å². The van der Waals surface area contributed by atoms with Gasteiger partial charge in [-0.05, 0) is 43.4 Å². The smallest absolute Gasteiger partial charge is 0.243 e. The fraction of sp³-hybridized carbons (Fsp3) is 0.409. The Hall–Kier alpha value is -2.02. The SMILES string of the molecule is CC(=O)c1ccc(S(=O)(=O)N(CC(C)C)C[C@H](O)CCc2ccccc2)cc1. The minimum absolute atomic E-state index is 0.0435. The van der Waals surface area contributed by atoms with Crippen molar-refractivity contribution in [2.45, 2.75) is 44.6 Å².